The Hall–Kier alpha value is -1.62. The van der Waals surface area contributed by atoms with Crippen LogP contribution < -0.4 is 5.32 Å². The minimum Gasteiger partial charge on any atom is -0.380 e. The lowest BCUT2D eigenvalue weighted by Gasteiger charge is -2.11. The molecule has 112 valence electrons. The van der Waals surface area contributed by atoms with Gasteiger partial charge in [0.15, 0.2) is 0 Å². The normalized spacial score (nSPS) is 10.7. The molecule has 0 aliphatic heterocycles. The molecule has 0 radical (unpaired) electrons. The molecule has 0 fully saturated rings. The molecule has 0 aliphatic carbocycles. The molecule has 0 saturated heterocycles. The number of ether oxygens (including phenoxy) is 1. The first kappa shape index (κ1) is 16.4. The monoisotopic (exact) mass is 279 g/mol. The molecule has 1 aromatic rings. The van der Waals surface area contributed by atoms with Crippen molar-refractivity contribution in [1.29, 1.82) is 0 Å². The lowest BCUT2D eigenvalue weighted by molar-refractivity contribution is 0.0827. The van der Waals surface area contributed by atoms with Gasteiger partial charge in [0.2, 0.25) is 0 Å². The summed E-state index contributed by atoms with van der Waals surface area (Å²) in [6.07, 6.45) is 2.67. The molecule has 0 saturated carbocycles. The summed E-state index contributed by atoms with van der Waals surface area (Å²) in [5, 5.41) is 3.17. The molecule has 0 aliphatic rings. The average Bonchev–Trinajstić information content (AvgIpc) is 2.42. The molecular formula is C15H25N3O2. The highest BCUT2D eigenvalue weighted by molar-refractivity contribution is 5.93. The minimum atomic E-state index is -0.0407. The van der Waals surface area contributed by atoms with E-state index >= 15 is 0 Å². The predicted octanol–water partition coefficient (Wildman–Crippen LogP) is 2.26. The van der Waals surface area contributed by atoms with Crippen molar-refractivity contribution in [2.45, 2.75) is 20.3 Å². The third kappa shape index (κ3) is 6.02. The van der Waals surface area contributed by atoms with Gasteiger partial charge in [0.25, 0.3) is 5.91 Å². The van der Waals surface area contributed by atoms with Crippen LogP contribution in [0.15, 0.2) is 18.3 Å². The Morgan fingerprint density at radius 3 is 2.65 bits per heavy atom. The molecule has 1 N–H and O–H groups in total. The van der Waals surface area contributed by atoms with E-state index in [-0.39, 0.29) is 5.91 Å². The van der Waals surface area contributed by atoms with Crippen molar-refractivity contribution in [2.75, 3.05) is 39.2 Å². The number of carbonyl (C=O) groups is 1. The molecule has 5 nitrogen and oxygen atoms in total. The highest BCUT2D eigenvalue weighted by Crippen LogP contribution is 2.06. The molecular weight excluding hydrogens is 254 g/mol. The standard InChI is InChI=1S/C15H25N3O2/c1-12(2)7-9-20-10-8-16-14-6-5-13(11-17-14)15(19)18(3)4/h5-6,11-12H,7-10H2,1-4H3,(H,16,17). The number of rotatable bonds is 8. The molecule has 1 amide bonds. The van der Waals surface area contributed by atoms with Crippen LogP contribution in [0.2, 0.25) is 0 Å². The summed E-state index contributed by atoms with van der Waals surface area (Å²) in [6.45, 7) is 6.53. The number of anilines is 1. The number of pyridine rings is 1. The molecule has 0 atom stereocenters. The summed E-state index contributed by atoms with van der Waals surface area (Å²) in [5.41, 5.74) is 0.591. The van der Waals surface area contributed by atoms with E-state index in [1.807, 2.05) is 6.07 Å². The third-order valence-corrected chi connectivity index (χ3v) is 2.81. The number of carbonyl (C=O) groups excluding carboxylic acids is 1. The van der Waals surface area contributed by atoms with Crippen LogP contribution in [0.25, 0.3) is 0 Å². The summed E-state index contributed by atoms with van der Waals surface area (Å²) in [5.74, 6) is 1.39. The van der Waals surface area contributed by atoms with Gasteiger partial charge in [0.1, 0.15) is 5.82 Å². The van der Waals surface area contributed by atoms with Gasteiger partial charge in [-0.2, -0.15) is 0 Å². The molecule has 1 aromatic heterocycles. The zero-order chi connectivity index (χ0) is 15.0. The van der Waals surface area contributed by atoms with E-state index in [9.17, 15) is 4.79 Å². The van der Waals surface area contributed by atoms with E-state index in [1.54, 1.807) is 26.4 Å². The summed E-state index contributed by atoms with van der Waals surface area (Å²) >= 11 is 0. The van der Waals surface area contributed by atoms with Crippen molar-refractivity contribution in [1.82, 2.24) is 9.88 Å². The Bertz CT molecular complexity index is 402. The van der Waals surface area contributed by atoms with Crippen LogP contribution in [0, 0.1) is 5.92 Å². The van der Waals surface area contributed by atoms with Crippen LogP contribution in [-0.2, 0) is 4.74 Å². The Morgan fingerprint density at radius 1 is 1.35 bits per heavy atom. The Labute approximate surface area is 121 Å². The number of nitrogens with one attached hydrogen (secondary N) is 1. The van der Waals surface area contributed by atoms with Gasteiger partial charge in [0.05, 0.1) is 12.2 Å². The van der Waals surface area contributed by atoms with Gasteiger partial charge < -0.3 is 15.0 Å². The summed E-state index contributed by atoms with van der Waals surface area (Å²) in [7, 11) is 3.45. The number of hydrogen-bond donors (Lipinski definition) is 1. The fourth-order valence-electron chi connectivity index (χ4n) is 1.56. The van der Waals surface area contributed by atoms with Crippen molar-refractivity contribution in [3.8, 4) is 0 Å². The first-order valence-electron chi connectivity index (χ1n) is 7.00. The van der Waals surface area contributed by atoms with Crippen molar-refractivity contribution in [3.63, 3.8) is 0 Å². The highest BCUT2D eigenvalue weighted by atomic mass is 16.5. The highest BCUT2D eigenvalue weighted by Gasteiger charge is 2.07. The maximum Gasteiger partial charge on any atom is 0.254 e. The second-order valence-corrected chi connectivity index (χ2v) is 5.35. The molecule has 1 rings (SSSR count). The van der Waals surface area contributed by atoms with Gasteiger partial charge in [-0.3, -0.25) is 4.79 Å². The molecule has 0 bridgehead atoms. The van der Waals surface area contributed by atoms with E-state index in [1.165, 1.54) is 4.90 Å². The fourth-order valence-corrected chi connectivity index (χ4v) is 1.56. The van der Waals surface area contributed by atoms with Crippen LogP contribution in [0.1, 0.15) is 30.6 Å². The maximum atomic E-state index is 11.7. The molecule has 0 unspecified atom stereocenters. The predicted molar refractivity (Wildman–Crippen MR) is 81.0 cm³/mol. The second-order valence-electron chi connectivity index (χ2n) is 5.35. The number of amides is 1. The number of aromatic nitrogens is 1. The lowest BCUT2D eigenvalue weighted by atomic mass is 10.1. The van der Waals surface area contributed by atoms with Gasteiger partial charge in [-0.1, -0.05) is 13.8 Å². The van der Waals surface area contributed by atoms with Crippen molar-refractivity contribution in [3.05, 3.63) is 23.9 Å². The summed E-state index contributed by atoms with van der Waals surface area (Å²) in [6, 6.07) is 3.59. The lowest BCUT2D eigenvalue weighted by Crippen LogP contribution is -2.21. The number of hydrogen-bond acceptors (Lipinski definition) is 4. The SMILES string of the molecule is CC(C)CCOCCNc1ccc(C(=O)N(C)C)cn1. The van der Waals surface area contributed by atoms with Crippen LogP contribution in [0.5, 0.6) is 0 Å². The molecule has 0 spiro atoms. The smallest absolute Gasteiger partial charge is 0.254 e. The van der Waals surface area contributed by atoms with E-state index in [2.05, 4.69) is 24.1 Å². The van der Waals surface area contributed by atoms with E-state index in [0.29, 0.717) is 24.6 Å². The average molecular weight is 279 g/mol. The van der Waals surface area contributed by atoms with Gasteiger partial charge >= 0.3 is 0 Å². The van der Waals surface area contributed by atoms with Crippen molar-refractivity contribution in [2.24, 2.45) is 5.92 Å². The maximum absolute atomic E-state index is 11.7. The minimum absolute atomic E-state index is 0.0407. The number of nitrogens with zero attached hydrogens (tertiary/aromatic N) is 2. The van der Waals surface area contributed by atoms with E-state index in [4.69, 9.17) is 4.74 Å². The summed E-state index contributed by atoms with van der Waals surface area (Å²) < 4.78 is 5.51. The Morgan fingerprint density at radius 2 is 2.10 bits per heavy atom. The summed E-state index contributed by atoms with van der Waals surface area (Å²) in [4.78, 5) is 17.4. The van der Waals surface area contributed by atoms with Crippen LogP contribution >= 0.6 is 0 Å². The van der Waals surface area contributed by atoms with Crippen molar-refractivity contribution < 1.29 is 9.53 Å². The van der Waals surface area contributed by atoms with Gasteiger partial charge in [0, 0.05) is 33.4 Å². The van der Waals surface area contributed by atoms with Gasteiger partial charge in [-0.05, 0) is 24.5 Å². The first-order chi connectivity index (χ1) is 9.50. The largest absolute Gasteiger partial charge is 0.380 e. The quantitative estimate of drug-likeness (QED) is 0.742. The topological polar surface area (TPSA) is 54.5 Å². The molecule has 20 heavy (non-hydrogen) atoms. The van der Waals surface area contributed by atoms with Gasteiger partial charge in [-0.25, -0.2) is 4.98 Å². The van der Waals surface area contributed by atoms with Crippen molar-refractivity contribution >= 4 is 11.7 Å². The molecule has 0 aromatic carbocycles. The molecule has 5 heteroatoms. The zero-order valence-electron chi connectivity index (χ0n) is 12.8. The third-order valence-electron chi connectivity index (χ3n) is 2.81. The Balaban J connectivity index is 2.27. The second kappa shape index (κ2) is 8.53. The first-order valence-corrected chi connectivity index (χ1v) is 7.00. The van der Waals surface area contributed by atoms with Crippen LogP contribution in [0.3, 0.4) is 0 Å². The Kier molecular flexibility index (Phi) is 7.01. The van der Waals surface area contributed by atoms with Gasteiger partial charge in [-0.15, -0.1) is 0 Å². The van der Waals surface area contributed by atoms with E-state index in [0.717, 1.165) is 18.8 Å². The van der Waals surface area contributed by atoms with Crippen LogP contribution in [0.4, 0.5) is 5.82 Å². The zero-order valence-corrected chi connectivity index (χ0v) is 12.8. The molecule has 1 heterocycles. The van der Waals surface area contributed by atoms with Crippen LogP contribution in [-0.4, -0.2) is 49.6 Å². The van der Waals surface area contributed by atoms with E-state index < -0.39 is 0 Å². The fraction of sp³-hybridized carbons (Fsp3) is 0.600.